The summed E-state index contributed by atoms with van der Waals surface area (Å²) in [7, 11) is 3.73. The van der Waals surface area contributed by atoms with Crippen LogP contribution in [0.4, 0.5) is 5.69 Å². The molecule has 1 aliphatic heterocycles. The Balaban J connectivity index is 1.59. The van der Waals surface area contributed by atoms with Gasteiger partial charge >= 0.3 is 0 Å². The van der Waals surface area contributed by atoms with Gasteiger partial charge in [-0.05, 0) is 42.3 Å². The Bertz CT molecular complexity index is 1380. The summed E-state index contributed by atoms with van der Waals surface area (Å²) < 4.78 is 19.5. The molecule has 0 N–H and O–H groups in total. The van der Waals surface area contributed by atoms with E-state index in [0.717, 1.165) is 53.6 Å². The second-order valence-corrected chi connectivity index (χ2v) is 8.99. The molecule has 5 nitrogen and oxygen atoms in total. The molecule has 0 unspecified atom stereocenters. The molecular weight excluding hydrogens is 448 g/mol. The monoisotopic (exact) mass is 481 g/mol. The Morgan fingerprint density at radius 1 is 0.944 bits per heavy atom. The van der Waals surface area contributed by atoms with Gasteiger partial charge in [-0.1, -0.05) is 37.6 Å². The molecule has 1 aliphatic rings. The molecule has 0 fully saturated rings. The number of rotatable bonds is 9. The van der Waals surface area contributed by atoms with Gasteiger partial charge in [-0.2, -0.15) is 4.57 Å². The van der Waals surface area contributed by atoms with Gasteiger partial charge in [0, 0.05) is 50.9 Å². The van der Waals surface area contributed by atoms with E-state index in [1.165, 1.54) is 16.6 Å². The van der Waals surface area contributed by atoms with E-state index < -0.39 is 0 Å². The highest BCUT2D eigenvalue weighted by Gasteiger charge is 2.25. The summed E-state index contributed by atoms with van der Waals surface area (Å²) in [5, 5.41) is 1.18. The number of hydrogen-bond acceptors (Lipinski definition) is 4. The van der Waals surface area contributed by atoms with Gasteiger partial charge in [0.05, 0.1) is 17.7 Å². The average Bonchev–Trinajstić information content (AvgIpc) is 3.23. The summed E-state index contributed by atoms with van der Waals surface area (Å²) in [5.41, 5.74) is 5.80. The quantitative estimate of drug-likeness (QED) is 0.207. The van der Waals surface area contributed by atoms with Crippen LogP contribution in [0.3, 0.4) is 0 Å². The molecule has 36 heavy (non-hydrogen) atoms. The summed E-state index contributed by atoms with van der Waals surface area (Å²) in [5.74, 6) is 2.57. The first kappa shape index (κ1) is 23.9. The number of unbranched alkanes of at least 4 members (excludes halogenated alkanes) is 1. The van der Waals surface area contributed by atoms with Crippen molar-refractivity contribution >= 4 is 22.7 Å². The summed E-state index contributed by atoms with van der Waals surface area (Å²) in [6, 6.07) is 27.4. The largest absolute Gasteiger partial charge is 0.491 e. The van der Waals surface area contributed by atoms with Crippen molar-refractivity contribution < 1.29 is 18.8 Å². The number of ether oxygens (including phenoxy) is 3. The Hall–Kier alpha value is -3.83. The number of para-hydroxylation sites is 3. The van der Waals surface area contributed by atoms with Gasteiger partial charge in [0.2, 0.25) is 17.1 Å². The highest BCUT2D eigenvalue weighted by Crippen LogP contribution is 2.38. The molecule has 0 radical (unpaired) electrons. The van der Waals surface area contributed by atoms with Crippen molar-refractivity contribution in [1.82, 2.24) is 0 Å². The lowest BCUT2D eigenvalue weighted by atomic mass is 10.0. The van der Waals surface area contributed by atoms with Gasteiger partial charge in [-0.3, -0.25) is 0 Å². The van der Waals surface area contributed by atoms with E-state index >= 15 is 0 Å². The molecule has 184 valence electrons. The molecular formula is C31H33N2O3+. The summed E-state index contributed by atoms with van der Waals surface area (Å²) in [6.45, 7) is 3.35. The Morgan fingerprint density at radius 3 is 2.50 bits per heavy atom. The zero-order chi connectivity index (χ0) is 24.9. The van der Waals surface area contributed by atoms with Gasteiger partial charge in [0.25, 0.3) is 0 Å². The minimum atomic E-state index is 0.539. The lowest BCUT2D eigenvalue weighted by Gasteiger charge is -2.13. The number of aromatic nitrogens is 1. The molecule has 2 heterocycles. The Morgan fingerprint density at radius 2 is 1.72 bits per heavy atom. The minimum absolute atomic E-state index is 0.539. The normalized spacial score (nSPS) is 13.8. The van der Waals surface area contributed by atoms with Crippen LogP contribution >= 0.6 is 0 Å². The lowest BCUT2D eigenvalue weighted by molar-refractivity contribution is -0.576. The first-order chi connectivity index (χ1) is 17.7. The number of methoxy groups -OCH3 is 1. The highest BCUT2D eigenvalue weighted by molar-refractivity contribution is 5.87. The fourth-order valence-electron chi connectivity index (χ4n) is 4.67. The van der Waals surface area contributed by atoms with Crippen molar-refractivity contribution in [1.29, 1.82) is 0 Å². The maximum Gasteiger partial charge on any atom is 0.219 e. The van der Waals surface area contributed by atoms with Gasteiger partial charge in [0.15, 0.2) is 11.4 Å². The third kappa shape index (κ3) is 4.79. The maximum absolute atomic E-state index is 6.22. The van der Waals surface area contributed by atoms with Gasteiger partial charge < -0.3 is 19.1 Å². The molecule has 1 aromatic heterocycles. The number of anilines is 1. The third-order valence-corrected chi connectivity index (χ3v) is 6.55. The SMILES string of the molecule is CCCCc1cc(/C=C2\Oc3ccccc3N2C)c2ccccc2[n+]1-c1ccc(OCCOC)cc1. The van der Waals surface area contributed by atoms with Crippen molar-refractivity contribution in [3.05, 3.63) is 96.0 Å². The highest BCUT2D eigenvalue weighted by atomic mass is 16.5. The maximum atomic E-state index is 6.22. The number of pyridine rings is 1. The molecule has 5 heteroatoms. The molecule has 0 bridgehead atoms. The van der Waals surface area contributed by atoms with E-state index in [4.69, 9.17) is 14.2 Å². The first-order valence-corrected chi connectivity index (χ1v) is 12.6. The van der Waals surface area contributed by atoms with E-state index in [1.807, 2.05) is 30.3 Å². The Kier molecular flexibility index (Phi) is 7.19. The number of fused-ring (bicyclic) bond motifs is 2. The van der Waals surface area contributed by atoms with Crippen LogP contribution in [0.2, 0.25) is 0 Å². The molecule has 5 rings (SSSR count). The number of aryl methyl sites for hydroxylation is 1. The van der Waals surface area contributed by atoms with Gasteiger partial charge in [0.1, 0.15) is 12.4 Å². The van der Waals surface area contributed by atoms with Crippen LogP contribution in [0.25, 0.3) is 22.7 Å². The van der Waals surface area contributed by atoms with Crippen molar-refractivity contribution in [2.45, 2.75) is 26.2 Å². The Labute approximate surface area is 213 Å². The molecule has 4 aromatic rings. The van der Waals surface area contributed by atoms with E-state index in [0.29, 0.717) is 13.2 Å². The van der Waals surface area contributed by atoms with Crippen molar-refractivity contribution in [3.8, 4) is 17.2 Å². The summed E-state index contributed by atoms with van der Waals surface area (Å²) in [4.78, 5) is 2.11. The zero-order valence-corrected chi connectivity index (χ0v) is 21.2. The molecule has 0 saturated heterocycles. The van der Waals surface area contributed by atoms with Crippen LogP contribution in [0.5, 0.6) is 11.5 Å². The van der Waals surface area contributed by atoms with Crippen LogP contribution in [-0.2, 0) is 11.2 Å². The van der Waals surface area contributed by atoms with Crippen LogP contribution in [0.1, 0.15) is 31.0 Å². The average molecular weight is 482 g/mol. The van der Waals surface area contributed by atoms with Crippen molar-refractivity contribution in [2.75, 3.05) is 32.3 Å². The second-order valence-electron chi connectivity index (χ2n) is 8.99. The van der Waals surface area contributed by atoms with E-state index in [2.05, 4.69) is 78.0 Å². The minimum Gasteiger partial charge on any atom is -0.491 e. The van der Waals surface area contributed by atoms with Crippen LogP contribution in [0.15, 0.2) is 84.7 Å². The van der Waals surface area contributed by atoms with Gasteiger partial charge in [-0.25, -0.2) is 0 Å². The second kappa shape index (κ2) is 10.8. The standard InChI is InChI=1S/C31H33N2O3/c1-4-5-10-25-21-23(22-31-32(2)29-13-8-9-14-30(29)36-31)27-11-6-7-12-28(27)33(25)24-15-17-26(18-16-24)35-20-19-34-3/h6-9,11-18,21-22H,4-5,10,19-20H2,1-3H3/q+1. The fourth-order valence-corrected chi connectivity index (χ4v) is 4.67. The van der Waals surface area contributed by atoms with Crippen LogP contribution in [0, 0.1) is 0 Å². The molecule has 0 amide bonds. The first-order valence-electron chi connectivity index (χ1n) is 12.6. The van der Waals surface area contributed by atoms with E-state index in [9.17, 15) is 0 Å². The van der Waals surface area contributed by atoms with Gasteiger partial charge in [-0.15, -0.1) is 0 Å². The molecule has 0 atom stereocenters. The van der Waals surface area contributed by atoms with E-state index in [-0.39, 0.29) is 0 Å². The number of hydrogen-bond donors (Lipinski definition) is 0. The number of nitrogens with zero attached hydrogens (tertiary/aromatic N) is 2. The van der Waals surface area contributed by atoms with E-state index in [1.54, 1.807) is 7.11 Å². The van der Waals surface area contributed by atoms with Crippen molar-refractivity contribution in [3.63, 3.8) is 0 Å². The zero-order valence-electron chi connectivity index (χ0n) is 21.2. The summed E-state index contributed by atoms with van der Waals surface area (Å²) in [6.07, 6.45) is 5.40. The predicted octanol–water partition coefficient (Wildman–Crippen LogP) is 6.31. The topological polar surface area (TPSA) is 34.8 Å². The molecule has 0 aliphatic carbocycles. The predicted molar refractivity (Wildman–Crippen MR) is 145 cm³/mol. The number of benzene rings is 3. The molecule has 3 aromatic carbocycles. The fraction of sp³-hybridized carbons (Fsp3) is 0.258. The smallest absolute Gasteiger partial charge is 0.219 e. The lowest BCUT2D eigenvalue weighted by Crippen LogP contribution is -2.37. The van der Waals surface area contributed by atoms with Crippen LogP contribution in [-0.4, -0.2) is 27.4 Å². The third-order valence-electron chi connectivity index (χ3n) is 6.55. The summed E-state index contributed by atoms with van der Waals surface area (Å²) >= 11 is 0. The molecule has 0 spiro atoms. The van der Waals surface area contributed by atoms with Crippen molar-refractivity contribution in [2.24, 2.45) is 0 Å². The molecule has 0 saturated carbocycles. The van der Waals surface area contributed by atoms with Crippen LogP contribution < -0.4 is 18.9 Å².